The quantitative estimate of drug-likeness (QED) is 0.0262. The zero-order valence-corrected chi connectivity index (χ0v) is 43.4. The van der Waals surface area contributed by atoms with Crippen LogP contribution < -0.4 is 0 Å². The monoisotopic (exact) mass is 929 g/mol. The van der Waals surface area contributed by atoms with Crippen LogP contribution in [0.25, 0.3) is 0 Å². The third kappa shape index (κ3) is 52.9. The predicted octanol–water partition coefficient (Wildman–Crippen LogP) is 18.3. The van der Waals surface area contributed by atoms with E-state index in [1.807, 2.05) is 0 Å². The molecule has 1 unspecified atom stereocenters. The molecule has 0 aromatic heterocycles. The largest absolute Gasteiger partial charge is 0.462 e. The number of ether oxygens (including phenoxy) is 3. The van der Waals surface area contributed by atoms with Crippen molar-refractivity contribution in [3.8, 4) is 0 Å². The normalized spacial score (nSPS) is 12.9. The number of carbonyl (C=O) groups excluding carboxylic acids is 3. The Kier molecular flexibility index (Phi) is 51.5. The van der Waals surface area contributed by atoms with Crippen LogP contribution in [0.15, 0.2) is 109 Å². The lowest BCUT2D eigenvalue weighted by Gasteiger charge is -2.18. The van der Waals surface area contributed by atoms with Crippen LogP contribution in [0.3, 0.4) is 0 Å². The van der Waals surface area contributed by atoms with Gasteiger partial charge < -0.3 is 14.2 Å². The first-order valence-electron chi connectivity index (χ1n) is 27.4. The summed E-state index contributed by atoms with van der Waals surface area (Å²) >= 11 is 0. The van der Waals surface area contributed by atoms with E-state index < -0.39 is 6.10 Å². The molecule has 0 saturated carbocycles. The lowest BCUT2D eigenvalue weighted by Crippen LogP contribution is -2.30. The van der Waals surface area contributed by atoms with Gasteiger partial charge in [0.15, 0.2) is 6.10 Å². The minimum atomic E-state index is -0.784. The van der Waals surface area contributed by atoms with Gasteiger partial charge in [-0.3, -0.25) is 14.4 Å². The molecule has 67 heavy (non-hydrogen) atoms. The van der Waals surface area contributed by atoms with Crippen molar-refractivity contribution < 1.29 is 28.6 Å². The number of rotatable bonds is 48. The summed E-state index contributed by atoms with van der Waals surface area (Å²) in [4.78, 5) is 37.7. The standard InChI is InChI=1S/C61H100O6/c1-4-7-10-13-15-17-19-21-23-25-26-27-28-29-30-31-32-33-34-36-37-39-41-43-45-48-51-54-60(63)66-57-58(56-65-59(62)53-50-47-12-9-6-3)67-61(64)55-52-49-46-44-42-40-38-35-24-22-20-18-16-14-11-8-5-2/h7-8,10-11,15-18,21-24,26-27,29-30,32-33,58H,4-6,9,12-14,19-20,25,28,31,34-57H2,1-3H3/b10-7-,11-8-,17-15-,18-16-,23-21-,24-22-,27-26-,30-29-,33-32-. The number of carbonyl (C=O) groups is 3. The molecule has 0 aromatic carbocycles. The van der Waals surface area contributed by atoms with E-state index in [2.05, 4.69) is 130 Å². The van der Waals surface area contributed by atoms with Gasteiger partial charge in [-0.25, -0.2) is 0 Å². The Balaban J connectivity index is 4.15. The zero-order chi connectivity index (χ0) is 48.6. The summed E-state index contributed by atoms with van der Waals surface area (Å²) in [6.45, 7) is 6.31. The minimum Gasteiger partial charge on any atom is -0.462 e. The first-order chi connectivity index (χ1) is 33.0. The van der Waals surface area contributed by atoms with Gasteiger partial charge in [0.1, 0.15) is 13.2 Å². The molecule has 0 amide bonds. The van der Waals surface area contributed by atoms with E-state index >= 15 is 0 Å². The van der Waals surface area contributed by atoms with Crippen molar-refractivity contribution in [2.75, 3.05) is 13.2 Å². The topological polar surface area (TPSA) is 78.9 Å². The van der Waals surface area contributed by atoms with E-state index in [-0.39, 0.29) is 31.1 Å². The molecule has 0 spiro atoms. The second-order valence-corrected chi connectivity index (χ2v) is 17.7. The zero-order valence-electron chi connectivity index (χ0n) is 43.4. The third-order valence-corrected chi connectivity index (χ3v) is 11.3. The molecule has 380 valence electrons. The Hall–Kier alpha value is -3.93. The SMILES string of the molecule is CC/C=C\C/C=C\C/C=C\C/C=C\C/C=C\C/C=C\CCCCCCCCCCC(=O)OCC(COC(=O)CCCCCCC)OC(=O)CCCCCCCCC/C=C\C/C=C\C/C=C\CC. The highest BCUT2D eigenvalue weighted by atomic mass is 16.6. The van der Waals surface area contributed by atoms with Crippen LogP contribution in [0.5, 0.6) is 0 Å². The summed E-state index contributed by atoms with van der Waals surface area (Å²) < 4.78 is 16.7. The molecule has 0 fully saturated rings. The molecule has 0 N–H and O–H groups in total. The first-order valence-corrected chi connectivity index (χ1v) is 27.4. The van der Waals surface area contributed by atoms with Crippen molar-refractivity contribution in [2.45, 2.75) is 245 Å². The fraction of sp³-hybridized carbons (Fsp3) is 0.656. The first kappa shape index (κ1) is 63.1. The third-order valence-electron chi connectivity index (χ3n) is 11.3. The van der Waals surface area contributed by atoms with Crippen molar-refractivity contribution in [2.24, 2.45) is 0 Å². The number of esters is 3. The lowest BCUT2D eigenvalue weighted by atomic mass is 10.1. The molecule has 0 aliphatic rings. The van der Waals surface area contributed by atoms with Crippen LogP contribution in [-0.2, 0) is 28.6 Å². The summed E-state index contributed by atoms with van der Waals surface area (Å²) in [7, 11) is 0. The molecule has 6 heteroatoms. The highest BCUT2D eigenvalue weighted by Crippen LogP contribution is 2.14. The Labute approximate surface area is 412 Å². The summed E-state index contributed by atoms with van der Waals surface area (Å²) in [5.41, 5.74) is 0. The van der Waals surface area contributed by atoms with Gasteiger partial charge in [-0.05, 0) is 103 Å². The van der Waals surface area contributed by atoms with Crippen LogP contribution in [0.1, 0.15) is 239 Å². The molecular weight excluding hydrogens is 829 g/mol. The van der Waals surface area contributed by atoms with Crippen LogP contribution in [0, 0.1) is 0 Å². The molecule has 0 aliphatic heterocycles. The molecule has 0 aromatic rings. The average Bonchev–Trinajstić information content (AvgIpc) is 3.33. The molecule has 0 saturated heterocycles. The Morgan fingerprint density at radius 2 is 0.582 bits per heavy atom. The van der Waals surface area contributed by atoms with Gasteiger partial charge in [0, 0.05) is 19.3 Å². The maximum Gasteiger partial charge on any atom is 0.306 e. The maximum absolute atomic E-state index is 12.8. The lowest BCUT2D eigenvalue weighted by molar-refractivity contribution is -0.167. The molecule has 0 heterocycles. The van der Waals surface area contributed by atoms with Crippen molar-refractivity contribution in [3.63, 3.8) is 0 Å². The highest BCUT2D eigenvalue weighted by molar-refractivity contribution is 5.71. The van der Waals surface area contributed by atoms with Crippen LogP contribution in [0.4, 0.5) is 0 Å². The Morgan fingerprint density at radius 3 is 0.910 bits per heavy atom. The molecule has 0 rings (SSSR count). The van der Waals surface area contributed by atoms with Crippen LogP contribution in [-0.4, -0.2) is 37.2 Å². The number of unbranched alkanes of at least 4 members (excludes halogenated alkanes) is 19. The number of hydrogen-bond acceptors (Lipinski definition) is 6. The van der Waals surface area contributed by atoms with E-state index in [0.717, 1.165) is 135 Å². The van der Waals surface area contributed by atoms with Crippen molar-refractivity contribution in [1.82, 2.24) is 0 Å². The van der Waals surface area contributed by atoms with Crippen molar-refractivity contribution in [1.29, 1.82) is 0 Å². The molecule has 6 nitrogen and oxygen atoms in total. The Bertz CT molecular complexity index is 1390. The van der Waals surface area contributed by atoms with Gasteiger partial charge in [0.25, 0.3) is 0 Å². The minimum absolute atomic E-state index is 0.0866. The van der Waals surface area contributed by atoms with Gasteiger partial charge in [-0.1, -0.05) is 226 Å². The Morgan fingerprint density at radius 1 is 0.313 bits per heavy atom. The van der Waals surface area contributed by atoms with E-state index in [9.17, 15) is 14.4 Å². The maximum atomic E-state index is 12.8. The summed E-state index contributed by atoms with van der Waals surface area (Å²) in [5.74, 6) is -0.922. The molecule has 0 bridgehead atoms. The van der Waals surface area contributed by atoms with Gasteiger partial charge >= 0.3 is 17.9 Å². The van der Waals surface area contributed by atoms with Gasteiger partial charge in [-0.2, -0.15) is 0 Å². The van der Waals surface area contributed by atoms with Crippen molar-refractivity contribution in [3.05, 3.63) is 109 Å². The van der Waals surface area contributed by atoms with E-state index in [1.165, 1.54) is 64.2 Å². The van der Waals surface area contributed by atoms with Crippen molar-refractivity contribution >= 4 is 17.9 Å². The van der Waals surface area contributed by atoms with Crippen LogP contribution in [0.2, 0.25) is 0 Å². The van der Waals surface area contributed by atoms with Gasteiger partial charge in [0.05, 0.1) is 0 Å². The smallest absolute Gasteiger partial charge is 0.306 e. The average molecular weight is 929 g/mol. The fourth-order valence-corrected chi connectivity index (χ4v) is 7.22. The predicted molar refractivity (Wildman–Crippen MR) is 288 cm³/mol. The molecular formula is C61H100O6. The number of hydrogen-bond donors (Lipinski definition) is 0. The van der Waals surface area contributed by atoms with Gasteiger partial charge in [0.2, 0.25) is 0 Å². The van der Waals surface area contributed by atoms with Crippen LogP contribution >= 0.6 is 0 Å². The van der Waals surface area contributed by atoms with E-state index in [1.54, 1.807) is 0 Å². The summed E-state index contributed by atoms with van der Waals surface area (Å²) in [6.07, 6.45) is 74.0. The summed E-state index contributed by atoms with van der Waals surface area (Å²) in [6, 6.07) is 0. The second-order valence-electron chi connectivity index (χ2n) is 17.7. The molecule has 0 radical (unpaired) electrons. The molecule has 0 aliphatic carbocycles. The fourth-order valence-electron chi connectivity index (χ4n) is 7.22. The van der Waals surface area contributed by atoms with Gasteiger partial charge in [-0.15, -0.1) is 0 Å². The second kappa shape index (κ2) is 54.7. The van der Waals surface area contributed by atoms with E-state index in [0.29, 0.717) is 19.3 Å². The van der Waals surface area contributed by atoms with E-state index in [4.69, 9.17) is 14.2 Å². The summed E-state index contributed by atoms with van der Waals surface area (Å²) in [5, 5.41) is 0. The molecule has 1 atom stereocenters. The highest BCUT2D eigenvalue weighted by Gasteiger charge is 2.19. The number of allylic oxidation sites excluding steroid dienone is 18.